The first-order valence-electron chi connectivity index (χ1n) is 2.94. The lowest BCUT2D eigenvalue weighted by molar-refractivity contribution is 0.101. The molecule has 58 valence electrons. The molecule has 1 rings (SSSR count). The van der Waals surface area contributed by atoms with E-state index >= 15 is 0 Å². The number of carbonyl (C=O) groups excluding carboxylic acids is 1. The Kier molecular flexibility index (Phi) is 1.94. The molecule has 0 radical (unpaired) electrons. The Balaban J connectivity index is 3.15. The van der Waals surface area contributed by atoms with Gasteiger partial charge in [0, 0.05) is 6.92 Å². The van der Waals surface area contributed by atoms with Crippen molar-refractivity contribution < 1.29 is 13.6 Å². The molecule has 1 aromatic heterocycles. The van der Waals surface area contributed by atoms with Crippen LogP contribution < -0.4 is 0 Å². The summed E-state index contributed by atoms with van der Waals surface area (Å²) in [5, 5.41) is 0. The van der Waals surface area contributed by atoms with Crippen LogP contribution in [0.2, 0.25) is 0 Å². The topological polar surface area (TPSA) is 30.0 Å². The van der Waals surface area contributed by atoms with E-state index in [1.807, 2.05) is 0 Å². The Hall–Kier alpha value is -1.32. The summed E-state index contributed by atoms with van der Waals surface area (Å²) in [6, 6.07) is 2.01. The van der Waals surface area contributed by atoms with E-state index in [4.69, 9.17) is 0 Å². The van der Waals surface area contributed by atoms with Gasteiger partial charge in [-0.25, -0.2) is 9.37 Å². The van der Waals surface area contributed by atoms with Crippen LogP contribution in [-0.4, -0.2) is 10.8 Å². The second-order valence-electron chi connectivity index (χ2n) is 2.03. The molecule has 0 aliphatic heterocycles. The van der Waals surface area contributed by atoms with E-state index in [0.717, 1.165) is 12.1 Å². The largest absolute Gasteiger partial charge is 0.293 e. The SMILES string of the molecule is CC(=O)c1ccc(F)c(F)n1. The predicted molar refractivity (Wildman–Crippen MR) is 34.2 cm³/mol. The van der Waals surface area contributed by atoms with Gasteiger partial charge in [0.2, 0.25) is 5.95 Å². The van der Waals surface area contributed by atoms with Crippen LogP contribution in [0, 0.1) is 11.8 Å². The first-order valence-corrected chi connectivity index (χ1v) is 2.94. The number of nitrogens with zero attached hydrogens (tertiary/aromatic N) is 1. The molecule has 1 heterocycles. The van der Waals surface area contributed by atoms with Crippen LogP contribution in [0.3, 0.4) is 0 Å². The third kappa shape index (κ3) is 1.58. The number of pyridine rings is 1. The zero-order valence-corrected chi connectivity index (χ0v) is 5.77. The van der Waals surface area contributed by atoms with E-state index in [1.54, 1.807) is 0 Å². The predicted octanol–water partition coefficient (Wildman–Crippen LogP) is 1.56. The van der Waals surface area contributed by atoms with Gasteiger partial charge in [0.15, 0.2) is 11.6 Å². The number of halogens is 2. The molecule has 0 aliphatic carbocycles. The van der Waals surface area contributed by atoms with Gasteiger partial charge in [-0.05, 0) is 12.1 Å². The maximum Gasteiger partial charge on any atom is 0.249 e. The second-order valence-corrected chi connectivity index (χ2v) is 2.03. The Labute approximate surface area is 61.9 Å². The summed E-state index contributed by atoms with van der Waals surface area (Å²) in [4.78, 5) is 13.6. The van der Waals surface area contributed by atoms with Crippen LogP contribution >= 0.6 is 0 Å². The second kappa shape index (κ2) is 2.74. The fraction of sp³-hybridized carbons (Fsp3) is 0.143. The molecule has 0 bridgehead atoms. The van der Waals surface area contributed by atoms with Gasteiger partial charge in [-0.3, -0.25) is 4.79 Å². The van der Waals surface area contributed by atoms with Crippen molar-refractivity contribution in [3.05, 3.63) is 29.6 Å². The van der Waals surface area contributed by atoms with Crippen LogP contribution in [0.5, 0.6) is 0 Å². The Bertz CT molecular complexity index is 298. The molecule has 4 heteroatoms. The molecule has 0 N–H and O–H groups in total. The number of Topliss-reactive ketones (excluding diaryl/α,β-unsaturated/α-hetero) is 1. The summed E-state index contributed by atoms with van der Waals surface area (Å²) in [6.07, 6.45) is 0. The maximum absolute atomic E-state index is 12.3. The molecule has 0 fully saturated rings. The highest BCUT2D eigenvalue weighted by Gasteiger charge is 2.06. The van der Waals surface area contributed by atoms with Crippen LogP contribution in [0.4, 0.5) is 8.78 Å². The molecule has 0 amide bonds. The summed E-state index contributed by atoms with van der Waals surface area (Å²) >= 11 is 0. The molecule has 2 nitrogen and oxygen atoms in total. The summed E-state index contributed by atoms with van der Waals surface area (Å²) in [5.74, 6) is -2.67. The first kappa shape index (κ1) is 7.78. The van der Waals surface area contributed by atoms with Gasteiger partial charge in [0.05, 0.1) is 0 Å². The van der Waals surface area contributed by atoms with Crippen molar-refractivity contribution in [2.45, 2.75) is 6.92 Å². The number of carbonyl (C=O) groups is 1. The van der Waals surface area contributed by atoms with Gasteiger partial charge < -0.3 is 0 Å². The molecule has 0 atom stereocenters. The van der Waals surface area contributed by atoms with Crippen LogP contribution in [0.15, 0.2) is 12.1 Å². The lowest BCUT2D eigenvalue weighted by Crippen LogP contribution is -2.00. The zero-order chi connectivity index (χ0) is 8.43. The van der Waals surface area contributed by atoms with E-state index < -0.39 is 11.8 Å². The Morgan fingerprint density at radius 2 is 2.09 bits per heavy atom. The number of hydrogen-bond donors (Lipinski definition) is 0. The van der Waals surface area contributed by atoms with Crippen molar-refractivity contribution in [1.29, 1.82) is 0 Å². The van der Waals surface area contributed by atoms with Crippen LogP contribution in [0.1, 0.15) is 17.4 Å². The monoisotopic (exact) mass is 157 g/mol. The van der Waals surface area contributed by atoms with Crippen LogP contribution in [-0.2, 0) is 0 Å². The number of aromatic nitrogens is 1. The average Bonchev–Trinajstić information content (AvgIpc) is 1.94. The van der Waals surface area contributed by atoms with Gasteiger partial charge in [-0.2, -0.15) is 4.39 Å². The fourth-order valence-corrected chi connectivity index (χ4v) is 0.613. The molecule has 0 aliphatic rings. The van der Waals surface area contributed by atoms with E-state index in [-0.39, 0.29) is 11.5 Å². The lowest BCUT2D eigenvalue weighted by atomic mass is 10.3. The van der Waals surface area contributed by atoms with Crippen molar-refractivity contribution >= 4 is 5.78 Å². The van der Waals surface area contributed by atoms with Gasteiger partial charge in [0.1, 0.15) is 5.69 Å². The van der Waals surface area contributed by atoms with Gasteiger partial charge in [0.25, 0.3) is 0 Å². The van der Waals surface area contributed by atoms with E-state index in [9.17, 15) is 13.6 Å². The number of hydrogen-bond acceptors (Lipinski definition) is 2. The Morgan fingerprint density at radius 1 is 1.45 bits per heavy atom. The number of rotatable bonds is 1. The van der Waals surface area contributed by atoms with E-state index in [2.05, 4.69) is 4.98 Å². The molecule has 0 saturated heterocycles. The highest BCUT2D eigenvalue weighted by Crippen LogP contribution is 2.03. The van der Waals surface area contributed by atoms with Crippen molar-refractivity contribution in [3.63, 3.8) is 0 Å². The summed E-state index contributed by atoms with van der Waals surface area (Å²) < 4.78 is 24.5. The Morgan fingerprint density at radius 3 is 2.55 bits per heavy atom. The molecule has 0 aromatic carbocycles. The summed E-state index contributed by atoms with van der Waals surface area (Å²) in [5.41, 5.74) is -0.0658. The van der Waals surface area contributed by atoms with Crippen molar-refractivity contribution in [2.75, 3.05) is 0 Å². The average molecular weight is 157 g/mol. The lowest BCUT2D eigenvalue weighted by Gasteiger charge is -1.94. The molecule has 0 saturated carbocycles. The number of ketones is 1. The minimum Gasteiger partial charge on any atom is -0.293 e. The smallest absolute Gasteiger partial charge is 0.249 e. The normalized spacial score (nSPS) is 9.73. The standard InChI is InChI=1S/C7H5F2NO/c1-4(11)6-3-2-5(8)7(9)10-6/h2-3H,1H3. The van der Waals surface area contributed by atoms with Crippen molar-refractivity contribution in [1.82, 2.24) is 4.98 Å². The maximum atomic E-state index is 12.3. The minimum absolute atomic E-state index is 0.0658. The van der Waals surface area contributed by atoms with Crippen molar-refractivity contribution in [3.8, 4) is 0 Å². The molecule has 0 unspecified atom stereocenters. The zero-order valence-electron chi connectivity index (χ0n) is 5.77. The van der Waals surface area contributed by atoms with E-state index in [1.165, 1.54) is 6.92 Å². The highest BCUT2D eigenvalue weighted by molar-refractivity contribution is 5.91. The first-order chi connectivity index (χ1) is 5.11. The van der Waals surface area contributed by atoms with Gasteiger partial charge in [-0.1, -0.05) is 0 Å². The third-order valence-corrected chi connectivity index (χ3v) is 1.16. The molecular weight excluding hydrogens is 152 g/mol. The van der Waals surface area contributed by atoms with E-state index in [0.29, 0.717) is 0 Å². The molecule has 1 aromatic rings. The van der Waals surface area contributed by atoms with Gasteiger partial charge in [-0.15, -0.1) is 0 Å². The quantitative estimate of drug-likeness (QED) is 0.457. The minimum atomic E-state index is -1.24. The highest BCUT2D eigenvalue weighted by atomic mass is 19.2. The van der Waals surface area contributed by atoms with Crippen LogP contribution in [0.25, 0.3) is 0 Å². The third-order valence-electron chi connectivity index (χ3n) is 1.16. The fourth-order valence-electron chi connectivity index (χ4n) is 0.613. The summed E-state index contributed by atoms with van der Waals surface area (Å²) in [7, 11) is 0. The molecule has 0 spiro atoms. The summed E-state index contributed by atoms with van der Waals surface area (Å²) in [6.45, 7) is 1.24. The molecular formula is C7H5F2NO. The van der Waals surface area contributed by atoms with Gasteiger partial charge >= 0.3 is 0 Å². The van der Waals surface area contributed by atoms with Crippen molar-refractivity contribution in [2.24, 2.45) is 0 Å². The molecule has 11 heavy (non-hydrogen) atoms.